The van der Waals surface area contributed by atoms with Gasteiger partial charge in [0.1, 0.15) is 0 Å². The molecule has 1 heterocycles. The van der Waals surface area contributed by atoms with E-state index >= 15 is 0 Å². The molecule has 23 heavy (non-hydrogen) atoms. The van der Waals surface area contributed by atoms with Crippen LogP contribution in [-0.2, 0) is 21.4 Å². The van der Waals surface area contributed by atoms with Crippen LogP contribution < -0.4 is 10.0 Å². The van der Waals surface area contributed by atoms with Gasteiger partial charge in [-0.2, -0.15) is 0 Å². The molecule has 6 nitrogen and oxygen atoms in total. The van der Waals surface area contributed by atoms with Crippen molar-refractivity contribution >= 4 is 27.7 Å². The number of sulfonamides is 1. The summed E-state index contributed by atoms with van der Waals surface area (Å²) in [7, 11) is -3.29. The van der Waals surface area contributed by atoms with Gasteiger partial charge in [-0.3, -0.25) is 14.5 Å². The van der Waals surface area contributed by atoms with E-state index in [2.05, 4.69) is 15.0 Å². The fourth-order valence-electron chi connectivity index (χ4n) is 1.79. The molecule has 0 aliphatic carbocycles. The van der Waals surface area contributed by atoms with E-state index in [1.54, 1.807) is 36.5 Å². The van der Waals surface area contributed by atoms with Crippen LogP contribution in [-0.4, -0.2) is 25.6 Å². The van der Waals surface area contributed by atoms with Crippen molar-refractivity contribution in [1.82, 2.24) is 10.3 Å². The van der Waals surface area contributed by atoms with Gasteiger partial charge in [0.2, 0.25) is 15.9 Å². The van der Waals surface area contributed by atoms with E-state index in [-0.39, 0.29) is 5.91 Å². The predicted molar refractivity (Wildman–Crippen MR) is 90.0 cm³/mol. The smallest absolute Gasteiger partial charge is 0.244 e. The van der Waals surface area contributed by atoms with Gasteiger partial charge < -0.3 is 5.32 Å². The maximum Gasteiger partial charge on any atom is 0.244 e. The van der Waals surface area contributed by atoms with Crippen LogP contribution in [0.3, 0.4) is 0 Å². The number of pyridine rings is 1. The van der Waals surface area contributed by atoms with E-state index in [0.29, 0.717) is 12.2 Å². The Kier molecular flexibility index (Phi) is 5.48. The molecule has 0 bridgehead atoms. The summed E-state index contributed by atoms with van der Waals surface area (Å²) in [5.74, 6) is -0.228. The summed E-state index contributed by atoms with van der Waals surface area (Å²) in [6.07, 6.45) is 5.83. The molecule has 1 amide bonds. The summed E-state index contributed by atoms with van der Waals surface area (Å²) >= 11 is 0. The molecule has 0 fully saturated rings. The van der Waals surface area contributed by atoms with E-state index in [1.165, 1.54) is 6.08 Å². The number of aromatic nitrogens is 1. The van der Waals surface area contributed by atoms with Crippen molar-refractivity contribution in [2.75, 3.05) is 11.0 Å². The minimum absolute atomic E-state index is 0.228. The quantitative estimate of drug-likeness (QED) is 0.790. The summed E-state index contributed by atoms with van der Waals surface area (Å²) in [5, 5.41) is 2.73. The number of hydrogen-bond donors (Lipinski definition) is 2. The number of rotatable bonds is 6. The lowest BCUT2D eigenvalue weighted by Gasteiger charge is -2.03. The number of benzene rings is 1. The summed E-state index contributed by atoms with van der Waals surface area (Å²) in [6, 6.07) is 12.2. The number of anilines is 1. The highest BCUT2D eigenvalue weighted by Gasteiger charge is 2.01. The Hall–Kier alpha value is -2.67. The van der Waals surface area contributed by atoms with E-state index in [1.807, 2.05) is 18.2 Å². The minimum Gasteiger partial charge on any atom is -0.347 e. The molecule has 0 spiro atoms. The predicted octanol–water partition coefficient (Wildman–Crippen LogP) is 1.78. The third-order valence-electron chi connectivity index (χ3n) is 2.81. The summed E-state index contributed by atoms with van der Waals surface area (Å²) in [6.45, 7) is 0.362. The third kappa shape index (κ3) is 6.31. The van der Waals surface area contributed by atoms with Crippen molar-refractivity contribution in [1.29, 1.82) is 0 Å². The summed E-state index contributed by atoms with van der Waals surface area (Å²) in [5.41, 5.74) is 2.05. The van der Waals surface area contributed by atoms with Crippen LogP contribution in [0.15, 0.2) is 54.7 Å². The zero-order chi connectivity index (χ0) is 16.7. The number of carbonyl (C=O) groups excluding carboxylic acids is 1. The Bertz CT molecular complexity index is 785. The van der Waals surface area contributed by atoms with Gasteiger partial charge in [0.25, 0.3) is 0 Å². The van der Waals surface area contributed by atoms with Crippen molar-refractivity contribution in [2.24, 2.45) is 0 Å². The van der Waals surface area contributed by atoms with Crippen molar-refractivity contribution in [3.63, 3.8) is 0 Å². The van der Waals surface area contributed by atoms with Gasteiger partial charge in [0.05, 0.1) is 18.5 Å². The topological polar surface area (TPSA) is 88.2 Å². The Morgan fingerprint density at radius 2 is 1.91 bits per heavy atom. The van der Waals surface area contributed by atoms with Crippen LogP contribution in [0, 0.1) is 0 Å². The molecule has 2 aromatic rings. The van der Waals surface area contributed by atoms with E-state index < -0.39 is 10.0 Å². The number of nitrogens with one attached hydrogen (secondary N) is 2. The summed E-state index contributed by atoms with van der Waals surface area (Å²) in [4.78, 5) is 15.8. The maximum atomic E-state index is 11.7. The molecule has 0 atom stereocenters. The second-order valence-electron chi connectivity index (χ2n) is 4.87. The molecule has 1 aromatic carbocycles. The molecule has 120 valence electrons. The summed E-state index contributed by atoms with van der Waals surface area (Å²) < 4.78 is 24.6. The largest absolute Gasteiger partial charge is 0.347 e. The molecule has 2 N–H and O–H groups in total. The Morgan fingerprint density at radius 1 is 1.17 bits per heavy atom. The lowest BCUT2D eigenvalue weighted by molar-refractivity contribution is -0.116. The highest BCUT2D eigenvalue weighted by Crippen LogP contribution is 2.11. The van der Waals surface area contributed by atoms with Crippen LogP contribution in [0.25, 0.3) is 6.08 Å². The second-order valence-corrected chi connectivity index (χ2v) is 6.62. The fraction of sp³-hybridized carbons (Fsp3) is 0.125. The van der Waals surface area contributed by atoms with Gasteiger partial charge in [-0.05, 0) is 35.9 Å². The Morgan fingerprint density at radius 3 is 2.52 bits per heavy atom. The van der Waals surface area contributed by atoms with E-state index in [0.717, 1.165) is 17.5 Å². The fourth-order valence-corrected chi connectivity index (χ4v) is 2.35. The van der Waals surface area contributed by atoms with Crippen LogP contribution in [0.5, 0.6) is 0 Å². The molecule has 1 aromatic heterocycles. The van der Waals surface area contributed by atoms with Gasteiger partial charge >= 0.3 is 0 Å². The first-order chi connectivity index (χ1) is 10.9. The van der Waals surface area contributed by atoms with Gasteiger partial charge in [-0.1, -0.05) is 18.2 Å². The molecule has 0 aliphatic heterocycles. The van der Waals surface area contributed by atoms with E-state index in [9.17, 15) is 13.2 Å². The highest BCUT2D eigenvalue weighted by atomic mass is 32.2. The number of carbonyl (C=O) groups is 1. The van der Waals surface area contributed by atoms with Crippen molar-refractivity contribution in [3.8, 4) is 0 Å². The van der Waals surface area contributed by atoms with Crippen molar-refractivity contribution < 1.29 is 13.2 Å². The first kappa shape index (κ1) is 16.7. The monoisotopic (exact) mass is 331 g/mol. The first-order valence-electron chi connectivity index (χ1n) is 6.86. The molecule has 0 aliphatic rings. The maximum absolute atomic E-state index is 11.7. The molecule has 0 saturated heterocycles. The molecular formula is C16H17N3O3S. The van der Waals surface area contributed by atoms with Gasteiger partial charge in [-0.25, -0.2) is 8.42 Å². The number of nitrogens with zero attached hydrogens (tertiary/aromatic N) is 1. The molecule has 0 radical (unpaired) electrons. The van der Waals surface area contributed by atoms with Crippen LogP contribution in [0.4, 0.5) is 5.69 Å². The SMILES string of the molecule is CS(=O)(=O)Nc1ccc(/C=C/C(=O)NCc2ccccn2)cc1. The standard InChI is InChI=1S/C16H17N3O3S/c1-23(21,22)19-14-8-5-13(6-9-14)7-10-16(20)18-12-15-4-2-3-11-17-15/h2-11,19H,12H2,1H3,(H,18,20)/b10-7+. The lowest BCUT2D eigenvalue weighted by Crippen LogP contribution is -2.20. The molecule has 0 unspecified atom stereocenters. The van der Waals surface area contributed by atoms with Crippen molar-refractivity contribution in [3.05, 3.63) is 66.0 Å². The van der Waals surface area contributed by atoms with Crippen LogP contribution >= 0.6 is 0 Å². The third-order valence-corrected chi connectivity index (χ3v) is 3.42. The number of hydrogen-bond acceptors (Lipinski definition) is 4. The Balaban J connectivity index is 1.88. The van der Waals surface area contributed by atoms with Crippen LogP contribution in [0.1, 0.15) is 11.3 Å². The lowest BCUT2D eigenvalue weighted by atomic mass is 10.2. The van der Waals surface area contributed by atoms with Gasteiger partial charge in [0, 0.05) is 18.0 Å². The molecule has 7 heteroatoms. The zero-order valence-corrected chi connectivity index (χ0v) is 13.4. The average molecular weight is 331 g/mol. The van der Waals surface area contributed by atoms with Gasteiger partial charge in [-0.15, -0.1) is 0 Å². The molecule has 0 saturated carbocycles. The van der Waals surface area contributed by atoms with Gasteiger partial charge in [0.15, 0.2) is 0 Å². The molecule has 2 rings (SSSR count). The minimum atomic E-state index is -3.29. The Labute approximate surface area is 135 Å². The number of amides is 1. The van der Waals surface area contributed by atoms with E-state index in [4.69, 9.17) is 0 Å². The highest BCUT2D eigenvalue weighted by molar-refractivity contribution is 7.92. The average Bonchev–Trinajstić information content (AvgIpc) is 2.52. The zero-order valence-electron chi connectivity index (χ0n) is 12.6. The van der Waals surface area contributed by atoms with Crippen LogP contribution in [0.2, 0.25) is 0 Å². The first-order valence-corrected chi connectivity index (χ1v) is 8.75. The second kappa shape index (κ2) is 7.55. The van der Waals surface area contributed by atoms with Crippen molar-refractivity contribution in [2.45, 2.75) is 6.54 Å². The molecular weight excluding hydrogens is 314 g/mol. The normalized spacial score (nSPS) is 11.3.